The van der Waals surface area contributed by atoms with Crippen LogP contribution in [0.2, 0.25) is 0 Å². The number of primary amides is 1. The molecule has 0 saturated heterocycles. The van der Waals surface area contributed by atoms with E-state index in [1.54, 1.807) is 32.3 Å². The van der Waals surface area contributed by atoms with E-state index in [1.165, 1.54) is 4.90 Å². The average molecular weight is 456 g/mol. The number of carbonyl (C=O) groups is 5. The van der Waals surface area contributed by atoms with Crippen molar-refractivity contribution in [2.24, 2.45) is 29.4 Å². The van der Waals surface area contributed by atoms with Gasteiger partial charge in [0.25, 0.3) is 0 Å². The zero-order valence-corrected chi connectivity index (χ0v) is 18.9. The second-order valence-electron chi connectivity index (χ2n) is 9.43. The van der Waals surface area contributed by atoms with Gasteiger partial charge in [0.1, 0.15) is 5.75 Å². The number of Topliss-reactive ketones (excluding diaryl/α,β-unsaturated/α-hetero) is 4. The highest BCUT2D eigenvalue weighted by atomic mass is 16.5. The van der Waals surface area contributed by atoms with Gasteiger partial charge < -0.3 is 15.6 Å². The summed E-state index contributed by atoms with van der Waals surface area (Å²) in [6.45, 7) is 2.32. The predicted molar refractivity (Wildman–Crippen MR) is 115 cm³/mol. The number of ketones is 4. The molecular formula is C24H28N2O7. The molecule has 3 aliphatic rings. The van der Waals surface area contributed by atoms with Gasteiger partial charge in [-0.05, 0) is 50.9 Å². The van der Waals surface area contributed by atoms with Gasteiger partial charge in [-0.15, -0.1) is 0 Å². The molecule has 176 valence electrons. The molecule has 4 rings (SSSR count). The van der Waals surface area contributed by atoms with E-state index in [0.29, 0.717) is 18.8 Å². The van der Waals surface area contributed by atoms with E-state index in [-0.39, 0.29) is 12.0 Å². The zero-order chi connectivity index (χ0) is 24.2. The second kappa shape index (κ2) is 8.14. The van der Waals surface area contributed by atoms with Crippen molar-refractivity contribution in [2.45, 2.75) is 37.8 Å². The van der Waals surface area contributed by atoms with Crippen LogP contribution in [0.5, 0.6) is 5.75 Å². The molecule has 3 aliphatic carbocycles. The van der Waals surface area contributed by atoms with Gasteiger partial charge in [-0.25, -0.2) is 0 Å². The Hall–Kier alpha value is -2.91. The molecule has 0 spiro atoms. The quantitative estimate of drug-likeness (QED) is 0.587. The van der Waals surface area contributed by atoms with E-state index in [4.69, 9.17) is 10.5 Å². The second-order valence-corrected chi connectivity index (χ2v) is 9.43. The first kappa shape index (κ1) is 23.3. The number of rotatable bonds is 5. The number of ether oxygens (including phenoxy) is 1. The van der Waals surface area contributed by atoms with Crippen LogP contribution in [0.4, 0.5) is 0 Å². The van der Waals surface area contributed by atoms with Gasteiger partial charge >= 0.3 is 0 Å². The minimum absolute atomic E-state index is 0.101. The minimum Gasteiger partial charge on any atom is -0.493 e. The van der Waals surface area contributed by atoms with Gasteiger partial charge in [0.2, 0.25) is 5.91 Å². The lowest BCUT2D eigenvalue weighted by molar-refractivity contribution is -0.181. The number of amides is 1. The van der Waals surface area contributed by atoms with E-state index in [0.717, 1.165) is 12.0 Å². The number of carbonyl (C=O) groups excluding carboxylic acids is 5. The normalized spacial score (nSPS) is 33.4. The van der Waals surface area contributed by atoms with Gasteiger partial charge in [0.15, 0.2) is 34.7 Å². The van der Waals surface area contributed by atoms with E-state index in [9.17, 15) is 29.1 Å². The lowest BCUT2D eigenvalue weighted by atomic mass is 9.52. The number of aliphatic hydroxyl groups is 1. The Labute approximate surface area is 191 Å². The van der Waals surface area contributed by atoms with Crippen LogP contribution in [0.15, 0.2) is 18.2 Å². The van der Waals surface area contributed by atoms with Crippen molar-refractivity contribution in [3.05, 3.63) is 29.3 Å². The highest BCUT2D eigenvalue weighted by Gasteiger charge is 2.69. The summed E-state index contributed by atoms with van der Waals surface area (Å²) in [6, 6.07) is 4.18. The lowest BCUT2D eigenvalue weighted by Crippen LogP contribution is -2.74. The molecule has 9 heteroatoms. The highest BCUT2D eigenvalue weighted by Crippen LogP contribution is 2.50. The molecule has 2 saturated carbocycles. The molecule has 0 aromatic heterocycles. The fraction of sp³-hybridized carbons (Fsp3) is 0.542. The van der Waals surface area contributed by atoms with Crippen LogP contribution in [0.25, 0.3) is 0 Å². The number of fused-ring (bicyclic) bond motifs is 3. The minimum atomic E-state index is -2.64. The Kier molecular flexibility index (Phi) is 5.74. The third-order valence-electron chi connectivity index (χ3n) is 7.24. The van der Waals surface area contributed by atoms with Gasteiger partial charge in [-0.1, -0.05) is 19.1 Å². The molecule has 0 heterocycles. The molecule has 1 aromatic rings. The van der Waals surface area contributed by atoms with Crippen molar-refractivity contribution in [1.82, 2.24) is 4.90 Å². The number of hydrogen-bond donors (Lipinski definition) is 2. The molecule has 0 radical (unpaired) electrons. The number of nitrogens with zero attached hydrogens (tertiary/aromatic N) is 1. The third-order valence-corrected chi connectivity index (χ3v) is 7.24. The van der Waals surface area contributed by atoms with Crippen molar-refractivity contribution in [3.8, 4) is 5.75 Å². The zero-order valence-electron chi connectivity index (χ0n) is 18.9. The van der Waals surface area contributed by atoms with E-state index < -0.39 is 64.4 Å². The average Bonchev–Trinajstić information content (AvgIpc) is 2.74. The summed E-state index contributed by atoms with van der Waals surface area (Å²) in [6.07, 6.45) is 1.20. The Bertz CT molecular complexity index is 1060. The summed E-state index contributed by atoms with van der Waals surface area (Å²) < 4.78 is 5.73. The summed E-state index contributed by atoms with van der Waals surface area (Å²) in [5, 5.41) is 11.5. The van der Waals surface area contributed by atoms with Crippen LogP contribution in [0.3, 0.4) is 0 Å². The fourth-order valence-electron chi connectivity index (χ4n) is 5.86. The summed E-state index contributed by atoms with van der Waals surface area (Å²) in [5.41, 5.74) is 3.70. The molecule has 0 aliphatic heterocycles. The standard InChI is InChI=1S/C24H28N2O7/c1-4-8-33-14-7-5-6-11-9-12-10-13-18(26(2)3)20(28)17(23(25)31)22(30)24(13,32)21(29)16(12)19(27)15(11)14/h5-7,12-13,16-18,32H,4,8-10H2,1-3H3,(H2,25,31)/t12-,13-,16?,17?,18-,24-/m1/s1. The third kappa shape index (κ3) is 3.25. The van der Waals surface area contributed by atoms with Crippen LogP contribution >= 0.6 is 0 Å². The highest BCUT2D eigenvalue weighted by molar-refractivity contribution is 6.32. The summed E-state index contributed by atoms with van der Waals surface area (Å²) in [7, 11) is 3.15. The van der Waals surface area contributed by atoms with Crippen molar-refractivity contribution in [1.29, 1.82) is 0 Å². The molecule has 2 unspecified atom stereocenters. The van der Waals surface area contributed by atoms with Crippen LogP contribution < -0.4 is 10.5 Å². The maximum absolute atomic E-state index is 13.7. The monoisotopic (exact) mass is 456 g/mol. The van der Waals surface area contributed by atoms with Crippen LogP contribution in [0.1, 0.15) is 35.7 Å². The molecule has 2 fully saturated rings. The molecule has 1 amide bonds. The first-order chi connectivity index (χ1) is 15.5. The van der Waals surface area contributed by atoms with Crippen LogP contribution in [-0.2, 0) is 25.6 Å². The van der Waals surface area contributed by atoms with Crippen molar-refractivity contribution in [3.63, 3.8) is 0 Å². The van der Waals surface area contributed by atoms with Crippen LogP contribution in [-0.4, -0.2) is 71.4 Å². The number of hydrogen-bond acceptors (Lipinski definition) is 8. The molecule has 3 N–H and O–H groups in total. The molecule has 6 atom stereocenters. The molecule has 0 bridgehead atoms. The number of benzene rings is 1. The van der Waals surface area contributed by atoms with E-state index >= 15 is 0 Å². The Morgan fingerprint density at radius 1 is 1.21 bits per heavy atom. The molecular weight excluding hydrogens is 428 g/mol. The van der Waals surface area contributed by atoms with Gasteiger partial charge in [-0.3, -0.25) is 28.9 Å². The smallest absolute Gasteiger partial charge is 0.235 e. The summed E-state index contributed by atoms with van der Waals surface area (Å²) >= 11 is 0. The van der Waals surface area contributed by atoms with E-state index in [2.05, 4.69) is 0 Å². The molecule has 33 heavy (non-hydrogen) atoms. The summed E-state index contributed by atoms with van der Waals surface area (Å²) in [4.78, 5) is 67.0. The Morgan fingerprint density at radius 2 is 1.91 bits per heavy atom. The number of likely N-dealkylation sites (N-methyl/N-ethyl adjacent to an activating group) is 1. The van der Waals surface area contributed by atoms with Gasteiger partial charge in [0.05, 0.1) is 24.1 Å². The van der Waals surface area contributed by atoms with Gasteiger partial charge in [-0.2, -0.15) is 0 Å². The maximum Gasteiger partial charge on any atom is 0.235 e. The first-order valence-electron chi connectivity index (χ1n) is 11.1. The van der Waals surface area contributed by atoms with Crippen molar-refractivity contribution < 1.29 is 33.8 Å². The van der Waals surface area contributed by atoms with Crippen molar-refractivity contribution >= 4 is 29.0 Å². The Morgan fingerprint density at radius 3 is 2.52 bits per heavy atom. The fourth-order valence-corrected chi connectivity index (χ4v) is 5.86. The molecule has 1 aromatic carbocycles. The first-order valence-corrected chi connectivity index (χ1v) is 11.1. The predicted octanol–water partition coefficient (Wildman–Crippen LogP) is -0.0498. The van der Waals surface area contributed by atoms with Crippen molar-refractivity contribution in [2.75, 3.05) is 20.7 Å². The van der Waals surface area contributed by atoms with E-state index in [1.807, 2.05) is 6.92 Å². The van der Waals surface area contributed by atoms with Crippen LogP contribution in [0, 0.1) is 23.7 Å². The largest absolute Gasteiger partial charge is 0.493 e. The Balaban J connectivity index is 1.82. The van der Waals surface area contributed by atoms with Gasteiger partial charge in [0, 0.05) is 5.92 Å². The molecule has 9 nitrogen and oxygen atoms in total. The topological polar surface area (TPSA) is 144 Å². The summed E-state index contributed by atoms with van der Waals surface area (Å²) in [5.74, 6) is -9.03. The maximum atomic E-state index is 13.7. The number of nitrogens with two attached hydrogens (primary N) is 1. The SMILES string of the molecule is CCCOc1cccc2c1C(=O)C1C(=O)[C@@]3(O)C(=O)C(C(N)=O)C(=O)[C@H](N(C)C)[C@H]3C[C@H]1C2. The lowest BCUT2D eigenvalue weighted by Gasteiger charge is -2.52.